The van der Waals surface area contributed by atoms with E-state index in [4.69, 9.17) is 9.47 Å². The van der Waals surface area contributed by atoms with Crippen molar-refractivity contribution in [2.24, 2.45) is 23.7 Å². The van der Waals surface area contributed by atoms with Crippen molar-refractivity contribution in [1.82, 2.24) is 0 Å². The van der Waals surface area contributed by atoms with Gasteiger partial charge in [-0.2, -0.15) is 0 Å². The Labute approximate surface area is 297 Å². The quantitative estimate of drug-likeness (QED) is 0.0571. The van der Waals surface area contributed by atoms with Crippen molar-refractivity contribution in [3.63, 3.8) is 0 Å². The predicted molar refractivity (Wildman–Crippen MR) is 208 cm³/mol. The second-order valence-corrected chi connectivity index (χ2v) is 16.3. The third-order valence-electron chi connectivity index (χ3n) is 9.59. The number of hydrogen-bond donors (Lipinski definition) is 0. The van der Waals surface area contributed by atoms with E-state index in [0.29, 0.717) is 11.5 Å². The number of unbranched alkanes of at least 4 members (excludes halogenated alkanes) is 8. The first-order chi connectivity index (χ1) is 23.0. The molecule has 0 saturated carbocycles. The van der Waals surface area contributed by atoms with Gasteiger partial charge in [0.15, 0.2) is 0 Å². The van der Waals surface area contributed by atoms with Crippen LogP contribution in [-0.4, -0.2) is 6.16 Å². The van der Waals surface area contributed by atoms with Gasteiger partial charge in [0.25, 0.3) is 0 Å². The summed E-state index contributed by atoms with van der Waals surface area (Å²) in [6.45, 7) is 18.4. The molecule has 0 aliphatic carbocycles. The summed E-state index contributed by atoms with van der Waals surface area (Å²) < 4.78 is 11.9. The summed E-state index contributed by atoms with van der Waals surface area (Å²) in [7, 11) is 0. The van der Waals surface area contributed by atoms with Crippen LogP contribution in [0.3, 0.4) is 0 Å². The van der Waals surface area contributed by atoms with Crippen molar-refractivity contribution in [2.75, 3.05) is 0 Å². The second-order valence-electron chi connectivity index (χ2n) is 16.3. The lowest BCUT2D eigenvalue weighted by Crippen LogP contribution is -2.16. The molecule has 0 aromatic heterocycles. The van der Waals surface area contributed by atoms with Crippen LogP contribution >= 0.6 is 0 Å². The minimum absolute atomic E-state index is 0.625. The molecule has 3 nitrogen and oxygen atoms in total. The zero-order valence-electron chi connectivity index (χ0n) is 32.6. The highest BCUT2D eigenvalue weighted by molar-refractivity contribution is 5.68. The Morgan fingerprint density at radius 3 is 1.06 bits per heavy atom. The monoisotopic (exact) mass is 663 g/mol. The molecule has 48 heavy (non-hydrogen) atoms. The maximum atomic E-state index is 13.3. The molecule has 0 unspecified atom stereocenters. The first-order valence-corrected chi connectivity index (χ1v) is 20.2. The fourth-order valence-corrected chi connectivity index (χ4v) is 6.57. The van der Waals surface area contributed by atoms with E-state index >= 15 is 0 Å². The van der Waals surface area contributed by atoms with Gasteiger partial charge in [0.05, 0.1) is 0 Å². The molecule has 0 aliphatic rings. The summed E-state index contributed by atoms with van der Waals surface area (Å²) in [6, 6.07) is 12.9. The van der Waals surface area contributed by atoms with Gasteiger partial charge in [0, 0.05) is 0 Å². The number of carbonyl (C=O) groups excluding carboxylic acids is 1. The highest BCUT2D eigenvalue weighted by Gasteiger charge is 2.16. The molecule has 3 heteroatoms. The van der Waals surface area contributed by atoms with Gasteiger partial charge in [-0.3, -0.25) is 0 Å². The van der Waals surface area contributed by atoms with Crippen molar-refractivity contribution in [2.45, 2.75) is 184 Å². The number of ether oxygens (including phenoxy) is 2. The highest BCUT2D eigenvalue weighted by Crippen LogP contribution is 2.28. The third kappa shape index (κ3) is 19.6. The first-order valence-electron chi connectivity index (χ1n) is 20.2. The molecular formula is C45H74O3. The Balaban J connectivity index is 2.10. The lowest BCUT2D eigenvalue weighted by Gasteiger charge is -2.15. The van der Waals surface area contributed by atoms with Gasteiger partial charge < -0.3 is 9.47 Å². The largest absolute Gasteiger partial charge is 0.519 e. The molecule has 0 amide bonds. The van der Waals surface area contributed by atoms with Crippen molar-refractivity contribution < 1.29 is 14.3 Å². The second kappa shape index (κ2) is 24.8. The Bertz CT molecular complexity index is 1040. The van der Waals surface area contributed by atoms with Crippen molar-refractivity contribution in [3.8, 4) is 11.5 Å². The lowest BCUT2D eigenvalue weighted by atomic mass is 9.98. The summed E-state index contributed by atoms with van der Waals surface area (Å²) in [5.74, 6) is 4.34. The molecule has 0 atom stereocenters. The molecule has 2 aromatic carbocycles. The summed E-state index contributed by atoms with van der Waals surface area (Å²) >= 11 is 0. The smallest absolute Gasteiger partial charge is 0.394 e. The van der Waals surface area contributed by atoms with E-state index < -0.39 is 6.16 Å². The van der Waals surface area contributed by atoms with Crippen LogP contribution in [0.5, 0.6) is 11.5 Å². The average molecular weight is 663 g/mol. The third-order valence-corrected chi connectivity index (χ3v) is 9.59. The normalized spacial score (nSPS) is 11.8. The maximum Gasteiger partial charge on any atom is 0.519 e. The summed E-state index contributed by atoms with van der Waals surface area (Å²) in [6.07, 6.45) is 23.2. The van der Waals surface area contributed by atoms with E-state index in [1.54, 1.807) is 0 Å². The Morgan fingerprint density at radius 1 is 0.438 bits per heavy atom. The SMILES string of the molecule is CC(C)CCCCCc1ccc(OC(=O)Oc2ccc(CCCCCC(C)C)cc2CCCCCC(C)C)c(CCCCCC(C)C)c1. The van der Waals surface area contributed by atoms with Crippen molar-refractivity contribution >= 4 is 6.16 Å². The summed E-state index contributed by atoms with van der Waals surface area (Å²) in [4.78, 5) is 13.3. The van der Waals surface area contributed by atoms with E-state index in [2.05, 4.69) is 79.7 Å². The van der Waals surface area contributed by atoms with Crippen LogP contribution in [0, 0.1) is 23.7 Å². The lowest BCUT2D eigenvalue weighted by molar-refractivity contribution is 0.151. The van der Waals surface area contributed by atoms with E-state index in [9.17, 15) is 4.79 Å². The zero-order chi connectivity index (χ0) is 35.1. The molecule has 0 radical (unpaired) electrons. The average Bonchev–Trinajstić information content (AvgIpc) is 3.01. The number of hydrogen-bond acceptors (Lipinski definition) is 3. The van der Waals surface area contributed by atoms with Gasteiger partial charge in [-0.25, -0.2) is 4.79 Å². The molecule has 272 valence electrons. The number of carbonyl (C=O) groups is 1. The zero-order valence-corrected chi connectivity index (χ0v) is 32.6. The van der Waals surface area contributed by atoms with Crippen LogP contribution in [0.15, 0.2) is 36.4 Å². The Kier molecular flexibility index (Phi) is 21.6. The summed E-state index contributed by atoms with van der Waals surface area (Å²) in [5, 5.41) is 0. The van der Waals surface area contributed by atoms with Gasteiger partial charge in [0.2, 0.25) is 0 Å². The topological polar surface area (TPSA) is 35.5 Å². The van der Waals surface area contributed by atoms with Gasteiger partial charge in [-0.1, -0.05) is 157 Å². The minimum Gasteiger partial charge on any atom is -0.394 e. The van der Waals surface area contributed by atoms with Crippen LogP contribution in [0.4, 0.5) is 4.79 Å². The fourth-order valence-electron chi connectivity index (χ4n) is 6.57. The first kappa shape index (κ1) is 41.9. The van der Waals surface area contributed by atoms with Gasteiger partial charge in [0.1, 0.15) is 11.5 Å². The molecule has 0 aliphatic heterocycles. The molecule has 0 bridgehead atoms. The minimum atomic E-state index is -0.625. The van der Waals surface area contributed by atoms with Crippen LogP contribution in [0.25, 0.3) is 0 Å². The highest BCUT2D eigenvalue weighted by atomic mass is 16.7. The van der Waals surface area contributed by atoms with Gasteiger partial charge in [-0.05, 0) is 109 Å². The van der Waals surface area contributed by atoms with Crippen molar-refractivity contribution in [3.05, 3.63) is 58.7 Å². The molecule has 2 rings (SSSR count). The van der Waals surface area contributed by atoms with Crippen molar-refractivity contribution in [1.29, 1.82) is 0 Å². The molecule has 0 N–H and O–H groups in total. The predicted octanol–water partition coefficient (Wildman–Crippen LogP) is 14.3. The fraction of sp³-hybridized carbons (Fsp3) is 0.711. The van der Waals surface area contributed by atoms with E-state index in [1.165, 1.54) is 101 Å². The van der Waals surface area contributed by atoms with E-state index in [1.807, 2.05) is 12.1 Å². The van der Waals surface area contributed by atoms with Crippen LogP contribution in [0.1, 0.15) is 180 Å². The molecule has 0 heterocycles. The molecule has 0 spiro atoms. The molecule has 2 aromatic rings. The number of aryl methyl sites for hydroxylation is 4. The van der Waals surface area contributed by atoms with Crippen LogP contribution in [-0.2, 0) is 25.7 Å². The Morgan fingerprint density at radius 2 is 0.750 bits per heavy atom. The number of benzene rings is 2. The van der Waals surface area contributed by atoms with E-state index in [-0.39, 0.29) is 0 Å². The number of rotatable bonds is 26. The Hall–Kier alpha value is -2.29. The standard InChI is InChI=1S/C45H74O3/c1-35(2)21-13-9-17-25-39-29-31-43(41(33-39)27-19-11-15-23-37(5)6)47-45(46)48-44-32-30-40(26-18-10-14-22-36(3)4)34-42(44)28-20-12-16-24-38(7)8/h29-38H,9-28H2,1-8H3. The summed E-state index contributed by atoms with van der Waals surface area (Å²) in [5.41, 5.74) is 4.96. The van der Waals surface area contributed by atoms with Gasteiger partial charge >= 0.3 is 6.16 Å². The van der Waals surface area contributed by atoms with Gasteiger partial charge in [-0.15, -0.1) is 0 Å². The molecule has 0 saturated heterocycles. The van der Waals surface area contributed by atoms with E-state index in [0.717, 1.165) is 73.3 Å². The maximum absolute atomic E-state index is 13.3. The molecule has 0 fully saturated rings. The molecular weight excluding hydrogens is 588 g/mol. The van der Waals surface area contributed by atoms with Crippen LogP contribution in [0.2, 0.25) is 0 Å². The van der Waals surface area contributed by atoms with Crippen LogP contribution < -0.4 is 9.47 Å².